The molecule has 4 heterocycles. The van der Waals surface area contributed by atoms with E-state index in [1.165, 1.54) is 16.2 Å². The summed E-state index contributed by atoms with van der Waals surface area (Å²) >= 11 is 1.32. The van der Waals surface area contributed by atoms with E-state index in [-0.39, 0.29) is 23.3 Å². The van der Waals surface area contributed by atoms with Crippen molar-refractivity contribution in [3.8, 4) is 0 Å². The minimum absolute atomic E-state index is 0.0614. The highest BCUT2D eigenvalue weighted by atomic mass is 32.1. The van der Waals surface area contributed by atoms with Crippen LogP contribution in [0.5, 0.6) is 0 Å². The van der Waals surface area contributed by atoms with Crippen molar-refractivity contribution in [2.24, 2.45) is 17.3 Å². The van der Waals surface area contributed by atoms with Crippen LogP contribution in [0.4, 0.5) is 0 Å². The highest BCUT2D eigenvalue weighted by molar-refractivity contribution is 7.18. The molecule has 176 valence electrons. The number of nitrogens with zero attached hydrogens (tertiary/aromatic N) is 3. The normalized spacial score (nSPS) is 23.4. The zero-order chi connectivity index (χ0) is 24.2. The van der Waals surface area contributed by atoms with Crippen molar-refractivity contribution in [2.45, 2.75) is 46.8 Å². The summed E-state index contributed by atoms with van der Waals surface area (Å²) in [4.78, 5) is 56.0. The van der Waals surface area contributed by atoms with Crippen LogP contribution in [0.3, 0.4) is 0 Å². The van der Waals surface area contributed by atoms with Gasteiger partial charge >= 0.3 is 11.9 Å². The lowest BCUT2D eigenvalue weighted by Gasteiger charge is -2.46. The van der Waals surface area contributed by atoms with Crippen molar-refractivity contribution >= 4 is 45.9 Å². The summed E-state index contributed by atoms with van der Waals surface area (Å²) in [5.74, 6) is -2.40. The summed E-state index contributed by atoms with van der Waals surface area (Å²) in [6.45, 7) is 7.87. The third-order valence-electron chi connectivity index (χ3n) is 5.98. The van der Waals surface area contributed by atoms with Gasteiger partial charge in [-0.05, 0) is 27.7 Å². The Bertz CT molecular complexity index is 1190. The van der Waals surface area contributed by atoms with Gasteiger partial charge in [-0.15, -0.1) is 11.3 Å². The van der Waals surface area contributed by atoms with Gasteiger partial charge in [-0.2, -0.15) is 0 Å². The minimum Gasteiger partial charge on any atom is -0.427 e. The summed E-state index contributed by atoms with van der Waals surface area (Å²) in [5, 5.41) is 10.1. The topological polar surface area (TPSA) is 128 Å². The number of aliphatic hydroxyl groups excluding tert-OH is 1. The number of rotatable bonds is 6. The number of aliphatic hydroxyl groups is 1. The largest absolute Gasteiger partial charge is 0.427 e. The number of imidazole rings is 1. The molecule has 2 aromatic rings. The van der Waals surface area contributed by atoms with Gasteiger partial charge in [0.05, 0.1) is 34.6 Å². The third-order valence-corrected chi connectivity index (χ3v) is 7.04. The molecule has 1 amide bonds. The number of esters is 2. The molecule has 0 spiro atoms. The van der Waals surface area contributed by atoms with Crippen LogP contribution < -0.4 is 0 Å². The number of aromatic nitrogens is 2. The quantitative estimate of drug-likeness (QED) is 0.290. The third kappa shape index (κ3) is 3.65. The SMILES string of the molecule is C[C@@H](O)[C@H]1C(=O)N2C(C(=O)OCOC(=O)C(C)(C)C)=C(c3cn4c(C=O)ncc4s3)[C@H](C)[C@H]12. The van der Waals surface area contributed by atoms with Crippen LogP contribution in [0.1, 0.15) is 50.1 Å². The molecular formula is C22H25N3O7S. The van der Waals surface area contributed by atoms with Crippen LogP contribution in [0.2, 0.25) is 0 Å². The number of carbonyl (C=O) groups excluding carboxylic acids is 4. The molecule has 33 heavy (non-hydrogen) atoms. The number of β-lactam (4-membered cyclic amide) rings is 1. The van der Waals surface area contributed by atoms with Gasteiger partial charge in [0.25, 0.3) is 0 Å². The van der Waals surface area contributed by atoms with Crippen molar-refractivity contribution in [3.05, 3.63) is 28.8 Å². The number of hydrogen-bond acceptors (Lipinski definition) is 9. The number of hydrogen-bond donors (Lipinski definition) is 1. The van der Waals surface area contributed by atoms with E-state index in [4.69, 9.17) is 9.47 Å². The molecule has 0 aromatic carbocycles. The van der Waals surface area contributed by atoms with Gasteiger partial charge in [-0.1, -0.05) is 6.92 Å². The molecule has 2 aromatic heterocycles. The maximum absolute atomic E-state index is 13.1. The van der Waals surface area contributed by atoms with Gasteiger partial charge in [0.2, 0.25) is 12.7 Å². The molecule has 2 aliphatic heterocycles. The Hall–Kier alpha value is -3.05. The number of fused-ring (bicyclic) bond motifs is 2. The highest BCUT2D eigenvalue weighted by Crippen LogP contribution is 2.51. The zero-order valence-corrected chi connectivity index (χ0v) is 19.7. The fourth-order valence-corrected chi connectivity index (χ4v) is 5.46. The average molecular weight is 476 g/mol. The summed E-state index contributed by atoms with van der Waals surface area (Å²) in [6.07, 6.45) is 3.01. The molecule has 1 N–H and O–H groups in total. The van der Waals surface area contributed by atoms with Crippen LogP contribution in [0.15, 0.2) is 18.1 Å². The Kier molecular flexibility index (Phi) is 5.65. The average Bonchev–Trinajstić information content (AvgIpc) is 3.36. The molecule has 0 bridgehead atoms. The second-order valence-corrected chi connectivity index (χ2v) is 10.3. The van der Waals surface area contributed by atoms with Crippen LogP contribution in [-0.4, -0.2) is 62.5 Å². The van der Waals surface area contributed by atoms with Gasteiger partial charge in [0.15, 0.2) is 12.1 Å². The molecule has 4 atom stereocenters. The van der Waals surface area contributed by atoms with Gasteiger partial charge in [-0.3, -0.25) is 18.8 Å². The van der Waals surface area contributed by atoms with Crippen LogP contribution in [0, 0.1) is 17.3 Å². The molecule has 0 radical (unpaired) electrons. The van der Waals surface area contributed by atoms with E-state index in [0.29, 0.717) is 21.6 Å². The second kappa shape index (κ2) is 8.07. The van der Waals surface area contributed by atoms with Crippen molar-refractivity contribution < 1.29 is 33.8 Å². The van der Waals surface area contributed by atoms with E-state index in [2.05, 4.69) is 4.98 Å². The monoisotopic (exact) mass is 475 g/mol. The fraction of sp³-hybridized carbons (Fsp3) is 0.500. The highest BCUT2D eigenvalue weighted by Gasteiger charge is 2.60. The van der Waals surface area contributed by atoms with Crippen molar-refractivity contribution in [3.63, 3.8) is 0 Å². The summed E-state index contributed by atoms with van der Waals surface area (Å²) < 4.78 is 11.9. The summed E-state index contributed by atoms with van der Waals surface area (Å²) in [6, 6.07) is -0.405. The van der Waals surface area contributed by atoms with Crippen molar-refractivity contribution in [2.75, 3.05) is 6.79 Å². The lowest BCUT2D eigenvalue weighted by Crippen LogP contribution is -2.63. The predicted octanol–water partition coefficient (Wildman–Crippen LogP) is 1.87. The summed E-state index contributed by atoms with van der Waals surface area (Å²) in [5.41, 5.74) is -0.120. The van der Waals surface area contributed by atoms with E-state index < -0.39 is 42.2 Å². The Morgan fingerprint density at radius 3 is 2.64 bits per heavy atom. The minimum atomic E-state index is -0.879. The predicted molar refractivity (Wildman–Crippen MR) is 117 cm³/mol. The molecule has 2 aliphatic rings. The maximum atomic E-state index is 13.1. The zero-order valence-electron chi connectivity index (χ0n) is 18.9. The molecule has 10 nitrogen and oxygen atoms in total. The second-order valence-electron chi connectivity index (χ2n) is 9.29. The Morgan fingerprint density at radius 2 is 2.03 bits per heavy atom. The molecule has 0 unspecified atom stereocenters. The Balaban J connectivity index is 1.69. The van der Waals surface area contributed by atoms with Crippen molar-refractivity contribution in [1.82, 2.24) is 14.3 Å². The first-order chi connectivity index (χ1) is 15.5. The van der Waals surface area contributed by atoms with Gasteiger partial charge in [0, 0.05) is 17.7 Å². The fourth-order valence-electron chi connectivity index (χ4n) is 4.34. The van der Waals surface area contributed by atoms with E-state index in [1.807, 2.05) is 6.92 Å². The smallest absolute Gasteiger partial charge is 0.358 e. The molecule has 11 heteroatoms. The number of ether oxygens (including phenoxy) is 2. The van der Waals surface area contributed by atoms with Crippen LogP contribution in [0.25, 0.3) is 10.4 Å². The standard InChI is InChI=1S/C22H25N3O7S/c1-10-15(12-7-24-13(8-26)23-6-14(24)33-12)18(25-17(10)16(11(2)27)19(25)28)20(29)31-9-32-21(30)22(3,4)5/h6-8,10-11,16-17,27H,9H2,1-5H3/t10-,11+,16+,17+/m0/s1. The number of aldehydes is 1. The van der Waals surface area contributed by atoms with E-state index in [0.717, 1.165) is 0 Å². The molecular weight excluding hydrogens is 450 g/mol. The van der Waals surface area contributed by atoms with E-state index in [1.54, 1.807) is 44.5 Å². The molecule has 4 rings (SSSR count). The summed E-state index contributed by atoms with van der Waals surface area (Å²) in [7, 11) is 0. The number of amides is 1. The van der Waals surface area contributed by atoms with Gasteiger partial charge in [0.1, 0.15) is 10.5 Å². The molecule has 1 fully saturated rings. The molecule has 1 saturated heterocycles. The first kappa shape index (κ1) is 23.1. The van der Waals surface area contributed by atoms with Gasteiger partial charge in [-0.25, -0.2) is 9.78 Å². The Morgan fingerprint density at radius 1 is 1.33 bits per heavy atom. The Labute approximate surface area is 193 Å². The first-order valence-corrected chi connectivity index (χ1v) is 11.3. The number of carbonyl (C=O) groups is 4. The molecule has 0 saturated carbocycles. The van der Waals surface area contributed by atoms with E-state index >= 15 is 0 Å². The van der Waals surface area contributed by atoms with Crippen LogP contribution >= 0.6 is 11.3 Å². The lowest BCUT2D eigenvalue weighted by molar-refractivity contribution is -0.175. The first-order valence-electron chi connectivity index (χ1n) is 10.5. The maximum Gasteiger partial charge on any atom is 0.358 e. The van der Waals surface area contributed by atoms with Crippen molar-refractivity contribution in [1.29, 1.82) is 0 Å². The number of thiazole rings is 1. The molecule has 0 aliphatic carbocycles. The lowest BCUT2D eigenvalue weighted by atomic mass is 9.77. The van der Waals surface area contributed by atoms with E-state index in [9.17, 15) is 24.3 Å². The van der Waals surface area contributed by atoms with Crippen LogP contribution in [-0.2, 0) is 23.9 Å². The van der Waals surface area contributed by atoms with Gasteiger partial charge < -0.3 is 19.5 Å².